The average molecular weight is 159 g/mol. The summed E-state index contributed by atoms with van der Waals surface area (Å²) in [6, 6.07) is 0. The van der Waals surface area contributed by atoms with E-state index in [0.29, 0.717) is 5.92 Å². The summed E-state index contributed by atoms with van der Waals surface area (Å²) in [6.45, 7) is 1.04. The van der Waals surface area contributed by atoms with E-state index < -0.39 is 0 Å². The highest BCUT2D eigenvalue weighted by Gasteiger charge is 2.15. The first-order chi connectivity index (χ1) is 4.33. The van der Waals surface area contributed by atoms with Crippen molar-refractivity contribution >= 4 is 21.8 Å². The van der Waals surface area contributed by atoms with Crippen molar-refractivity contribution in [2.45, 2.75) is 0 Å². The Morgan fingerprint density at radius 3 is 3.00 bits per heavy atom. The lowest BCUT2D eigenvalue weighted by molar-refractivity contribution is 0.509. The van der Waals surface area contributed by atoms with E-state index in [4.69, 9.17) is 6.42 Å². The zero-order valence-corrected chi connectivity index (χ0v) is 6.97. The van der Waals surface area contributed by atoms with E-state index in [1.807, 2.05) is 10.8 Å². The van der Waals surface area contributed by atoms with Crippen LogP contribution in [0.1, 0.15) is 0 Å². The number of nitrogens with zero attached hydrogens (tertiary/aromatic N) is 1. The van der Waals surface area contributed by atoms with Gasteiger partial charge in [0.1, 0.15) is 0 Å². The monoisotopic (exact) mass is 159 g/mol. The first-order valence-electron chi connectivity index (χ1n) is 2.80. The van der Waals surface area contributed by atoms with Gasteiger partial charge in [-0.05, 0) is 18.0 Å². The van der Waals surface area contributed by atoms with E-state index in [2.05, 4.69) is 17.3 Å². The molecule has 50 valence electrons. The maximum atomic E-state index is 5.27. The van der Waals surface area contributed by atoms with Gasteiger partial charge in [0.2, 0.25) is 0 Å². The van der Waals surface area contributed by atoms with Crippen LogP contribution in [0.25, 0.3) is 0 Å². The Kier molecular flexibility index (Phi) is 2.77. The molecule has 1 saturated heterocycles. The van der Waals surface area contributed by atoms with Crippen LogP contribution in [-0.2, 0) is 0 Å². The van der Waals surface area contributed by atoms with Crippen molar-refractivity contribution in [3.05, 3.63) is 0 Å². The van der Waals surface area contributed by atoms with Gasteiger partial charge in [-0.2, -0.15) is 0 Å². The van der Waals surface area contributed by atoms with Gasteiger partial charge in [-0.3, -0.25) is 0 Å². The molecule has 1 nitrogen and oxygen atoms in total. The number of hydrogen-bond donors (Lipinski definition) is 0. The fraction of sp³-hybridized carbons (Fsp3) is 0.667. The molecule has 1 aliphatic rings. The van der Waals surface area contributed by atoms with Crippen LogP contribution in [-0.4, -0.2) is 23.7 Å². The normalized spacial score (nSPS) is 29.6. The fourth-order valence-corrected chi connectivity index (χ4v) is 2.94. The smallest absolute Gasteiger partial charge is 0.0436 e. The molecule has 0 aromatic rings. The first kappa shape index (κ1) is 7.33. The number of terminal acetylenes is 1. The molecule has 0 radical (unpaired) electrons. The van der Waals surface area contributed by atoms with Gasteiger partial charge >= 0.3 is 0 Å². The van der Waals surface area contributed by atoms with Gasteiger partial charge in [-0.15, -0.1) is 12.3 Å². The summed E-state index contributed by atoms with van der Waals surface area (Å²) in [7, 11) is 5.70. The highest BCUT2D eigenvalue weighted by Crippen LogP contribution is 2.32. The van der Waals surface area contributed by atoms with Crippen molar-refractivity contribution in [2.75, 3.05) is 19.3 Å². The zero-order chi connectivity index (χ0) is 6.69. The molecule has 9 heavy (non-hydrogen) atoms. The topological polar surface area (TPSA) is 3.24 Å². The van der Waals surface area contributed by atoms with E-state index >= 15 is 0 Å². The number of rotatable bonds is 0. The van der Waals surface area contributed by atoms with Gasteiger partial charge in [-0.25, -0.2) is 4.31 Å². The molecule has 0 aromatic heterocycles. The molecule has 0 bridgehead atoms. The van der Waals surface area contributed by atoms with Crippen LogP contribution in [0.15, 0.2) is 0 Å². The average Bonchev–Trinajstić information content (AvgIpc) is 1.88. The molecular formula is C6H9NS2. The van der Waals surface area contributed by atoms with Gasteiger partial charge in [0.25, 0.3) is 0 Å². The maximum absolute atomic E-state index is 5.27. The Bertz CT molecular complexity index is 130. The van der Waals surface area contributed by atoms with Crippen LogP contribution in [0, 0.1) is 18.3 Å². The number of hydrogen-bond acceptors (Lipinski definition) is 3. The summed E-state index contributed by atoms with van der Waals surface area (Å²) < 4.78 is 2.18. The molecule has 0 amide bonds. The third-order valence-corrected chi connectivity index (χ3v) is 3.70. The molecule has 1 aliphatic heterocycles. The van der Waals surface area contributed by atoms with Gasteiger partial charge in [-0.1, -0.05) is 10.8 Å². The predicted octanol–water partition coefficient (Wildman–Crippen LogP) is 1.48. The minimum absolute atomic E-state index is 0.459. The van der Waals surface area contributed by atoms with Crippen molar-refractivity contribution in [1.82, 2.24) is 4.31 Å². The molecule has 1 rings (SSSR count). The van der Waals surface area contributed by atoms with Gasteiger partial charge in [0.05, 0.1) is 0 Å². The molecule has 0 spiro atoms. The first-order valence-corrected chi connectivity index (χ1v) is 5.07. The third kappa shape index (κ3) is 2.13. The van der Waals surface area contributed by atoms with Crippen LogP contribution in [0.5, 0.6) is 0 Å². The fourth-order valence-electron chi connectivity index (χ4n) is 0.697. The second-order valence-electron chi connectivity index (χ2n) is 2.03. The summed E-state index contributed by atoms with van der Waals surface area (Å²) in [5, 5.41) is 0. The lowest BCUT2D eigenvalue weighted by atomic mass is 10.2. The van der Waals surface area contributed by atoms with Crippen molar-refractivity contribution in [2.24, 2.45) is 5.92 Å². The van der Waals surface area contributed by atoms with Gasteiger partial charge in [0.15, 0.2) is 0 Å². The van der Waals surface area contributed by atoms with Crippen LogP contribution in [0.2, 0.25) is 0 Å². The van der Waals surface area contributed by atoms with Crippen LogP contribution in [0.3, 0.4) is 0 Å². The molecular weight excluding hydrogens is 150 g/mol. The molecule has 1 unspecified atom stereocenters. The Balaban J connectivity index is 2.34. The van der Waals surface area contributed by atoms with Crippen LogP contribution in [0.4, 0.5) is 0 Å². The standard InChI is InChI=1S/C6H9NS2/c1-3-6-4-7(2)9-8-5-6/h1,6H,4-5H2,2H3. The second-order valence-corrected chi connectivity index (χ2v) is 4.53. The second kappa shape index (κ2) is 3.40. The molecule has 1 atom stereocenters. The Hall–Kier alpha value is 0.220. The van der Waals surface area contributed by atoms with Gasteiger partial charge in [0, 0.05) is 18.2 Å². The van der Waals surface area contributed by atoms with Gasteiger partial charge < -0.3 is 0 Å². The minimum Gasteiger partial charge on any atom is -0.243 e. The van der Waals surface area contributed by atoms with Crippen LogP contribution >= 0.6 is 21.8 Å². The van der Waals surface area contributed by atoms with Crippen molar-refractivity contribution in [3.63, 3.8) is 0 Å². The van der Waals surface area contributed by atoms with E-state index in [9.17, 15) is 0 Å². The van der Waals surface area contributed by atoms with Crippen LogP contribution < -0.4 is 0 Å². The molecule has 1 heterocycles. The van der Waals surface area contributed by atoms with Crippen molar-refractivity contribution in [3.8, 4) is 12.3 Å². The quantitative estimate of drug-likeness (QED) is 0.299. The summed E-state index contributed by atoms with van der Waals surface area (Å²) in [5.41, 5.74) is 0. The highest BCUT2D eigenvalue weighted by atomic mass is 33.1. The summed E-state index contributed by atoms with van der Waals surface area (Å²) in [6.07, 6.45) is 5.27. The Morgan fingerprint density at radius 2 is 2.56 bits per heavy atom. The SMILES string of the molecule is C#CC1CSSN(C)C1. The molecule has 1 fully saturated rings. The summed E-state index contributed by atoms with van der Waals surface area (Å²) in [4.78, 5) is 0. The third-order valence-electron chi connectivity index (χ3n) is 1.16. The largest absolute Gasteiger partial charge is 0.243 e. The Labute approximate surface area is 64.1 Å². The maximum Gasteiger partial charge on any atom is 0.0436 e. The molecule has 0 aromatic carbocycles. The lowest BCUT2D eigenvalue weighted by Crippen LogP contribution is -2.23. The molecule has 0 saturated carbocycles. The highest BCUT2D eigenvalue weighted by molar-refractivity contribution is 8.75. The van der Waals surface area contributed by atoms with E-state index in [1.165, 1.54) is 0 Å². The predicted molar refractivity (Wildman–Crippen MR) is 45.0 cm³/mol. The van der Waals surface area contributed by atoms with E-state index in [0.717, 1.165) is 12.3 Å². The van der Waals surface area contributed by atoms with E-state index in [1.54, 1.807) is 11.0 Å². The zero-order valence-electron chi connectivity index (χ0n) is 5.33. The summed E-state index contributed by atoms with van der Waals surface area (Å²) >= 11 is 0. The van der Waals surface area contributed by atoms with E-state index in [-0.39, 0.29) is 0 Å². The lowest BCUT2D eigenvalue weighted by Gasteiger charge is -2.23. The van der Waals surface area contributed by atoms with Crippen molar-refractivity contribution in [1.29, 1.82) is 0 Å². The minimum atomic E-state index is 0.459. The molecule has 3 heteroatoms. The molecule has 0 aliphatic carbocycles. The Morgan fingerprint density at radius 1 is 1.78 bits per heavy atom. The molecule has 0 N–H and O–H groups in total. The summed E-state index contributed by atoms with van der Waals surface area (Å²) in [5.74, 6) is 4.32. The van der Waals surface area contributed by atoms with Crippen molar-refractivity contribution < 1.29 is 0 Å².